The number of rotatable bonds is 4. The highest BCUT2D eigenvalue weighted by Gasteiger charge is 2.46. The van der Waals surface area contributed by atoms with Crippen molar-refractivity contribution in [2.75, 3.05) is 35.7 Å². The third-order valence-electron chi connectivity index (χ3n) is 7.01. The smallest absolute Gasteiger partial charge is 0.184 e. The second-order valence-corrected chi connectivity index (χ2v) is 11.2. The fourth-order valence-corrected chi connectivity index (χ4v) is 6.53. The summed E-state index contributed by atoms with van der Waals surface area (Å²) in [5.74, 6) is 0.975. The van der Waals surface area contributed by atoms with Crippen LogP contribution in [0.25, 0.3) is 0 Å². The van der Waals surface area contributed by atoms with Crippen LogP contribution >= 0.6 is 35.1 Å². The van der Waals surface area contributed by atoms with E-state index in [2.05, 4.69) is 50.4 Å². The molecule has 180 valence electrons. The van der Waals surface area contributed by atoms with Gasteiger partial charge < -0.3 is 22.1 Å². The molecule has 1 spiro atoms. The van der Waals surface area contributed by atoms with Crippen molar-refractivity contribution < 1.29 is 0 Å². The van der Waals surface area contributed by atoms with E-state index in [9.17, 15) is 5.26 Å². The Morgan fingerprint density at radius 1 is 1.17 bits per heavy atom. The molecular formula is C24H25ClN8S2. The van der Waals surface area contributed by atoms with Crippen LogP contribution in [0, 0.1) is 16.7 Å². The molecule has 0 saturated carbocycles. The number of halogens is 1. The lowest BCUT2D eigenvalue weighted by atomic mass is 9.73. The number of hydrogen-bond donors (Lipinski definition) is 3. The summed E-state index contributed by atoms with van der Waals surface area (Å²) in [6, 6.07) is 10.6. The van der Waals surface area contributed by atoms with E-state index in [1.165, 1.54) is 27.8 Å². The van der Waals surface area contributed by atoms with E-state index < -0.39 is 0 Å². The zero-order valence-corrected chi connectivity index (χ0v) is 21.6. The van der Waals surface area contributed by atoms with E-state index in [1.807, 2.05) is 0 Å². The molecule has 2 aromatic heterocycles. The summed E-state index contributed by atoms with van der Waals surface area (Å²) in [6.45, 7) is 1.47. The van der Waals surface area contributed by atoms with Gasteiger partial charge in [-0.05, 0) is 60.3 Å². The van der Waals surface area contributed by atoms with Crippen molar-refractivity contribution in [3.05, 3.63) is 52.3 Å². The lowest BCUT2D eigenvalue weighted by Crippen LogP contribution is -2.45. The molecule has 0 amide bonds. The lowest BCUT2D eigenvalue weighted by molar-refractivity contribution is 0.187. The van der Waals surface area contributed by atoms with Crippen LogP contribution in [0.15, 0.2) is 45.3 Å². The highest BCUT2D eigenvalue weighted by Crippen LogP contribution is 2.51. The summed E-state index contributed by atoms with van der Waals surface area (Å²) in [5, 5.41) is 10.6. The van der Waals surface area contributed by atoms with Gasteiger partial charge in [0.15, 0.2) is 17.3 Å². The standard InChI is InChI=1S/C24H25ClN8S2/c1-34-14-3-2-13-11-24(19(27)15(13)10-14)5-8-33(9-6-24)22-16(12-26)31-23(21(29)32-22)35-17-4-7-30-20(28)18(17)25/h2-4,7,10,19H,5-6,8-9,11,27H2,1H3,(H2,28,30)(H2,29,32)/t19-/m1/s1. The molecule has 6 N–H and O–H groups in total. The zero-order valence-electron chi connectivity index (χ0n) is 19.2. The lowest BCUT2D eigenvalue weighted by Gasteiger charge is -2.42. The number of piperidine rings is 1. The third-order valence-corrected chi connectivity index (χ3v) is 9.30. The van der Waals surface area contributed by atoms with Gasteiger partial charge in [0.25, 0.3) is 0 Å². The van der Waals surface area contributed by atoms with E-state index >= 15 is 0 Å². The van der Waals surface area contributed by atoms with E-state index in [1.54, 1.807) is 24.0 Å². The maximum absolute atomic E-state index is 9.84. The second-order valence-electron chi connectivity index (χ2n) is 8.88. The molecule has 8 nitrogen and oxygen atoms in total. The van der Waals surface area contributed by atoms with Gasteiger partial charge in [0, 0.05) is 35.1 Å². The van der Waals surface area contributed by atoms with Crippen molar-refractivity contribution in [2.24, 2.45) is 11.1 Å². The van der Waals surface area contributed by atoms with Crippen LogP contribution in [0.3, 0.4) is 0 Å². The van der Waals surface area contributed by atoms with Gasteiger partial charge in [0.1, 0.15) is 16.9 Å². The summed E-state index contributed by atoms with van der Waals surface area (Å²) < 4.78 is 0. The highest BCUT2D eigenvalue weighted by atomic mass is 35.5. The van der Waals surface area contributed by atoms with Crippen molar-refractivity contribution >= 4 is 52.6 Å². The van der Waals surface area contributed by atoms with Crippen LogP contribution in [0.4, 0.5) is 17.5 Å². The Morgan fingerprint density at radius 3 is 2.66 bits per heavy atom. The van der Waals surface area contributed by atoms with Crippen LogP contribution in [0.1, 0.15) is 35.7 Å². The number of benzene rings is 1. The van der Waals surface area contributed by atoms with Crippen LogP contribution < -0.4 is 22.1 Å². The molecule has 35 heavy (non-hydrogen) atoms. The molecule has 0 unspecified atom stereocenters. The summed E-state index contributed by atoms with van der Waals surface area (Å²) in [4.78, 5) is 17.1. The van der Waals surface area contributed by atoms with E-state index in [4.69, 9.17) is 28.8 Å². The maximum Gasteiger partial charge on any atom is 0.184 e. The van der Waals surface area contributed by atoms with Crippen molar-refractivity contribution in [2.45, 2.75) is 40.1 Å². The van der Waals surface area contributed by atoms with Crippen LogP contribution in [-0.4, -0.2) is 34.3 Å². The van der Waals surface area contributed by atoms with Gasteiger partial charge in [-0.2, -0.15) is 5.26 Å². The predicted octanol–water partition coefficient (Wildman–Crippen LogP) is 4.28. The third kappa shape index (κ3) is 4.27. The molecule has 1 aliphatic carbocycles. The second kappa shape index (κ2) is 9.39. The van der Waals surface area contributed by atoms with Crippen molar-refractivity contribution in [1.29, 1.82) is 5.26 Å². The molecule has 1 fully saturated rings. The SMILES string of the molecule is CSc1ccc2c(c1)[C@@H](N)C1(CCN(c3nc(N)c(Sc4ccnc(N)c4Cl)nc3C#N)CC1)C2. The zero-order chi connectivity index (χ0) is 24.7. The number of nitriles is 1. The van der Waals surface area contributed by atoms with Crippen LogP contribution in [0.2, 0.25) is 5.02 Å². The van der Waals surface area contributed by atoms with E-state index in [-0.39, 0.29) is 28.8 Å². The molecule has 3 aromatic rings. The Hall–Kier alpha value is -2.71. The first kappa shape index (κ1) is 24.0. The monoisotopic (exact) mass is 524 g/mol. The Kier molecular flexibility index (Phi) is 6.44. The fraction of sp³-hybridized carbons (Fsp3) is 0.333. The van der Waals surface area contributed by atoms with Gasteiger partial charge in [-0.1, -0.05) is 29.4 Å². The van der Waals surface area contributed by atoms with Crippen molar-refractivity contribution in [3.63, 3.8) is 0 Å². The molecule has 5 rings (SSSR count). The molecule has 11 heteroatoms. The van der Waals surface area contributed by atoms with Crippen molar-refractivity contribution in [3.8, 4) is 6.07 Å². The van der Waals surface area contributed by atoms with E-state index in [0.717, 1.165) is 32.4 Å². The first-order valence-corrected chi connectivity index (χ1v) is 13.6. The number of hydrogen-bond acceptors (Lipinski definition) is 10. The minimum atomic E-state index is 0.00895. The Labute approximate surface area is 217 Å². The first-order chi connectivity index (χ1) is 16.8. The van der Waals surface area contributed by atoms with Crippen molar-refractivity contribution in [1.82, 2.24) is 15.0 Å². The van der Waals surface area contributed by atoms with Gasteiger partial charge in [0.05, 0.1) is 5.02 Å². The molecule has 0 bridgehead atoms. The molecule has 0 radical (unpaired) electrons. The van der Waals surface area contributed by atoms with Gasteiger partial charge in [0.2, 0.25) is 0 Å². The molecule has 1 atom stereocenters. The molecule has 1 saturated heterocycles. The summed E-state index contributed by atoms with van der Waals surface area (Å²) in [6.07, 6.45) is 6.44. The number of nitrogen functional groups attached to an aromatic ring is 2. The largest absolute Gasteiger partial charge is 0.382 e. The van der Waals surface area contributed by atoms with Crippen LogP contribution in [0.5, 0.6) is 0 Å². The number of fused-ring (bicyclic) bond motifs is 1. The van der Waals surface area contributed by atoms with Gasteiger partial charge >= 0.3 is 0 Å². The number of pyridine rings is 1. The number of nitrogens with two attached hydrogens (primary N) is 3. The molecule has 1 aromatic carbocycles. The first-order valence-electron chi connectivity index (χ1n) is 11.2. The highest BCUT2D eigenvalue weighted by molar-refractivity contribution is 7.99. The summed E-state index contributed by atoms with van der Waals surface area (Å²) in [5.41, 5.74) is 21.7. The molecule has 2 aliphatic rings. The minimum Gasteiger partial charge on any atom is -0.382 e. The Bertz CT molecular complexity index is 1330. The minimum absolute atomic E-state index is 0.00895. The molecule has 3 heterocycles. The van der Waals surface area contributed by atoms with E-state index in [0.29, 0.717) is 20.8 Å². The van der Waals surface area contributed by atoms with Crippen LogP contribution in [-0.2, 0) is 6.42 Å². The molecular weight excluding hydrogens is 500 g/mol. The topological polar surface area (TPSA) is 144 Å². The average Bonchev–Trinajstić information content (AvgIpc) is 3.13. The normalized spacial score (nSPS) is 18.5. The predicted molar refractivity (Wildman–Crippen MR) is 142 cm³/mol. The summed E-state index contributed by atoms with van der Waals surface area (Å²) >= 11 is 9.21. The van der Waals surface area contributed by atoms with Gasteiger partial charge in [-0.3, -0.25) is 0 Å². The van der Waals surface area contributed by atoms with Gasteiger partial charge in [-0.15, -0.1) is 11.8 Å². The maximum atomic E-state index is 9.84. The summed E-state index contributed by atoms with van der Waals surface area (Å²) in [7, 11) is 0. The quantitative estimate of drug-likeness (QED) is 0.423. The molecule has 1 aliphatic heterocycles. The fourth-order valence-electron chi connectivity index (χ4n) is 5.04. The average molecular weight is 525 g/mol. The number of anilines is 3. The number of aromatic nitrogens is 3. The van der Waals surface area contributed by atoms with Gasteiger partial charge in [-0.25, -0.2) is 15.0 Å². The Morgan fingerprint density at radius 2 is 1.94 bits per heavy atom. The number of thioether (sulfide) groups is 1. The number of nitrogens with zero attached hydrogens (tertiary/aromatic N) is 5. The Balaban J connectivity index is 1.36.